The number of ketones is 1. The number of ether oxygens (including phenoxy) is 1. The van der Waals surface area contributed by atoms with E-state index in [1.165, 1.54) is 13.3 Å². The quantitative estimate of drug-likeness (QED) is 0.741. The number of nitrogens with zero attached hydrogens (tertiary/aromatic N) is 1. The lowest BCUT2D eigenvalue weighted by molar-refractivity contribution is -0.112. The molecule has 0 spiro atoms. The predicted molar refractivity (Wildman–Crippen MR) is 62.3 cm³/mol. The molecule has 0 aromatic heterocycles. The van der Waals surface area contributed by atoms with Gasteiger partial charge in [0.15, 0.2) is 5.78 Å². The molecule has 0 saturated heterocycles. The standard InChI is InChI=1S/C11H8BrNO3/c1-16-11(15)7-2-6-3-8(14)5-13-10(6)9(12)4-7/h2,4-5H,3H2,1H3. The minimum absolute atomic E-state index is 0.0681. The van der Waals surface area contributed by atoms with Crippen molar-refractivity contribution in [1.82, 2.24) is 0 Å². The number of carbonyl (C=O) groups is 2. The lowest BCUT2D eigenvalue weighted by Crippen LogP contribution is -2.10. The molecule has 1 aromatic rings. The van der Waals surface area contributed by atoms with Crippen LogP contribution in [0.3, 0.4) is 0 Å². The summed E-state index contributed by atoms with van der Waals surface area (Å²) in [6.45, 7) is 0. The summed E-state index contributed by atoms with van der Waals surface area (Å²) < 4.78 is 5.32. The van der Waals surface area contributed by atoms with E-state index in [9.17, 15) is 9.59 Å². The third-order valence-corrected chi connectivity index (χ3v) is 2.87. The molecule has 1 heterocycles. The van der Waals surface area contributed by atoms with Crippen molar-refractivity contribution in [3.8, 4) is 0 Å². The van der Waals surface area contributed by atoms with Crippen molar-refractivity contribution >= 4 is 39.6 Å². The maximum absolute atomic E-state index is 11.4. The first-order valence-electron chi connectivity index (χ1n) is 4.59. The van der Waals surface area contributed by atoms with Crippen molar-refractivity contribution in [3.63, 3.8) is 0 Å². The highest BCUT2D eigenvalue weighted by Gasteiger charge is 2.18. The van der Waals surface area contributed by atoms with Gasteiger partial charge in [-0.25, -0.2) is 4.79 Å². The van der Waals surface area contributed by atoms with Gasteiger partial charge < -0.3 is 4.74 Å². The number of halogens is 1. The van der Waals surface area contributed by atoms with Gasteiger partial charge >= 0.3 is 5.97 Å². The fraction of sp³-hybridized carbons (Fsp3) is 0.182. The molecule has 1 aliphatic heterocycles. The second-order valence-corrected chi connectivity index (χ2v) is 4.21. The topological polar surface area (TPSA) is 55.7 Å². The third-order valence-electron chi connectivity index (χ3n) is 2.27. The summed E-state index contributed by atoms with van der Waals surface area (Å²) in [4.78, 5) is 26.6. The van der Waals surface area contributed by atoms with Gasteiger partial charge in [-0.05, 0) is 33.6 Å². The zero-order valence-corrected chi connectivity index (χ0v) is 10.1. The number of benzene rings is 1. The van der Waals surface area contributed by atoms with Crippen molar-refractivity contribution in [2.75, 3.05) is 7.11 Å². The van der Waals surface area contributed by atoms with Crippen LogP contribution in [0.15, 0.2) is 21.6 Å². The largest absolute Gasteiger partial charge is 0.465 e. The highest BCUT2D eigenvalue weighted by molar-refractivity contribution is 9.10. The number of carbonyl (C=O) groups excluding carboxylic acids is 2. The Bertz CT molecular complexity index is 508. The van der Waals surface area contributed by atoms with Gasteiger partial charge in [-0.3, -0.25) is 9.79 Å². The van der Waals surface area contributed by atoms with Crippen LogP contribution in [-0.2, 0) is 16.0 Å². The molecule has 0 atom stereocenters. The van der Waals surface area contributed by atoms with Crippen molar-refractivity contribution < 1.29 is 14.3 Å². The number of hydrogen-bond acceptors (Lipinski definition) is 4. The van der Waals surface area contributed by atoms with E-state index in [4.69, 9.17) is 0 Å². The third kappa shape index (κ3) is 1.90. The molecule has 0 saturated carbocycles. The van der Waals surface area contributed by atoms with Crippen molar-refractivity contribution in [3.05, 3.63) is 27.7 Å². The molecule has 4 nitrogen and oxygen atoms in total. The summed E-state index contributed by atoms with van der Waals surface area (Å²) >= 11 is 3.32. The summed E-state index contributed by atoms with van der Waals surface area (Å²) in [7, 11) is 1.32. The van der Waals surface area contributed by atoms with E-state index in [1.54, 1.807) is 12.1 Å². The molecule has 0 N–H and O–H groups in total. The number of rotatable bonds is 1. The Morgan fingerprint density at radius 3 is 2.94 bits per heavy atom. The molecule has 16 heavy (non-hydrogen) atoms. The van der Waals surface area contributed by atoms with Gasteiger partial charge in [-0.1, -0.05) is 0 Å². The van der Waals surface area contributed by atoms with Gasteiger partial charge in [0, 0.05) is 10.9 Å². The van der Waals surface area contributed by atoms with E-state index in [1.807, 2.05) is 0 Å². The molecule has 1 aromatic carbocycles. The maximum Gasteiger partial charge on any atom is 0.337 e. The number of methoxy groups -OCH3 is 1. The van der Waals surface area contributed by atoms with Crippen molar-refractivity contribution in [2.24, 2.45) is 4.99 Å². The van der Waals surface area contributed by atoms with E-state index in [-0.39, 0.29) is 12.2 Å². The Morgan fingerprint density at radius 2 is 2.25 bits per heavy atom. The van der Waals surface area contributed by atoms with Gasteiger partial charge in [0.25, 0.3) is 0 Å². The van der Waals surface area contributed by atoms with Crippen LogP contribution in [0, 0.1) is 0 Å². The average molecular weight is 282 g/mol. The second kappa shape index (κ2) is 4.17. The Balaban J connectivity index is 2.53. The molecule has 0 radical (unpaired) electrons. The maximum atomic E-state index is 11.4. The summed E-state index contributed by atoms with van der Waals surface area (Å²) in [6, 6.07) is 3.28. The molecular formula is C11H8BrNO3. The second-order valence-electron chi connectivity index (χ2n) is 3.36. The molecule has 0 unspecified atom stereocenters. The molecule has 1 aliphatic rings. The summed E-state index contributed by atoms with van der Waals surface area (Å²) in [5, 5.41) is 0. The molecule has 2 rings (SSSR count). The van der Waals surface area contributed by atoms with Crippen LogP contribution in [0.25, 0.3) is 0 Å². The summed E-state index contributed by atoms with van der Waals surface area (Å²) in [6.07, 6.45) is 1.56. The van der Waals surface area contributed by atoms with Crippen LogP contribution in [0.5, 0.6) is 0 Å². The van der Waals surface area contributed by atoms with Crippen LogP contribution in [0.1, 0.15) is 15.9 Å². The van der Waals surface area contributed by atoms with Gasteiger partial charge in [0.05, 0.1) is 24.6 Å². The normalized spacial score (nSPS) is 13.5. The number of Topliss-reactive ketones (excluding diaryl/α,β-unsaturated/α-hetero) is 1. The van der Waals surface area contributed by atoms with E-state index < -0.39 is 5.97 Å². The van der Waals surface area contributed by atoms with E-state index in [0.717, 1.165) is 5.56 Å². The Labute approximate surface area is 100 Å². The van der Waals surface area contributed by atoms with Gasteiger partial charge in [-0.2, -0.15) is 0 Å². The first-order chi connectivity index (χ1) is 7.61. The Morgan fingerprint density at radius 1 is 1.50 bits per heavy atom. The highest BCUT2D eigenvalue weighted by Crippen LogP contribution is 2.33. The lowest BCUT2D eigenvalue weighted by atomic mass is 10.0. The van der Waals surface area contributed by atoms with Crippen LogP contribution in [-0.4, -0.2) is 25.1 Å². The Hall–Kier alpha value is -1.49. The molecule has 0 aliphatic carbocycles. The molecule has 0 bridgehead atoms. The van der Waals surface area contributed by atoms with Crippen LogP contribution in [0.2, 0.25) is 0 Å². The smallest absolute Gasteiger partial charge is 0.337 e. The molecular weight excluding hydrogens is 274 g/mol. The SMILES string of the molecule is COC(=O)c1cc(Br)c2c(c1)CC(=O)C=N2. The fourth-order valence-corrected chi connectivity index (χ4v) is 2.14. The predicted octanol–water partition coefficient (Wildman–Crippen LogP) is 2.06. The zero-order chi connectivity index (χ0) is 11.7. The number of fused-ring (bicyclic) bond motifs is 1. The monoisotopic (exact) mass is 281 g/mol. The average Bonchev–Trinajstić information content (AvgIpc) is 2.27. The Kier molecular flexibility index (Phi) is 2.87. The first kappa shape index (κ1) is 11.0. The molecule has 82 valence electrons. The fourth-order valence-electron chi connectivity index (χ4n) is 1.54. The number of esters is 1. The number of hydrogen-bond donors (Lipinski definition) is 0. The van der Waals surface area contributed by atoms with Crippen LogP contribution in [0.4, 0.5) is 5.69 Å². The molecule has 5 heteroatoms. The summed E-state index contributed by atoms with van der Waals surface area (Å²) in [5.41, 5.74) is 1.85. The molecule has 0 amide bonds. The minimum atomic E-state index is -0.425. The zero-order valence-electron chi connectivity index (χ0n) is 8.49. The van der Waals surface area contributed by atoms with E-state index in [0.29, 0.717) is 15.7 Å². The minimum Gasteiger partial charge on any atom is -0.465 e. The summed E-state index contributed by atoms with van der Waals surface area (Å²) in [5.74, 6) is -0.494. The van der Waals surface area contributed by atoms with Gasteiger partial charge in [-0.15, -0.1) is 0 Å². The van der Waals surface area contributed by atoms with Crippen molar-refractivity contribution in [1.29, 1.82) is 0 Å². The van der Waals surface area contributed by atoms with Crippen molar-refractivity contribution in [2.45, 2.75) is 6.42 Å². The first-order valence-corrected chi connectivity index (χ1v) is 5.38. The lowest BCUT2D eigenvalue weighted by Gasteiger charge is -2.12. The number of aliphatic imine (C=N–C) groups is 1. The highest BCUT2D eigenvalue weighted by atomic mass is 79.9. The van der Waals surface area contributed by atoms with Crippen LogP contribution < -0.4 is 0 Å². The molecule has 0 fully saturated rings. The van der Waals surface area contributed by atoms with Gasteiger partial charge in [0.1, 0.15) is 0 Å². The van der Waals surface area contributed by atoms with Crippen LogP contribution >= 0.6 is 15.9 Å². The van der Waals surface area contributed by atoms with E-state index in [2.05, 4.69) is 25.7 Å². The van der Waals surface area contributed by atoms with Gasteiger partial charge in [0.2, 0.25) is 0 Å². The van der Waals surface area contributed by atoms with E-state index >= 15 is 0 Å².